The first-order valence-corrected chi connectivity index (χ1v) is 8.30. The van der Waals surface area contributed by atoms with Crippen molar-refractivity contribution < 1.29 is 4.79 Å². The van der Waals surface area contributed by atoms with Crippen LogP contribution in [-0.2, 0) is 17.6 Å². The number of nitrogens with one attached hydrogen (secondary N) is 1. The van der Waals surface area contributed by atoms with Crippen LogP contribution in [0.1, 0.15) is 41.7 Å². The Morgan fingerprint density at radius 2 is 1.48 bits per heavy atom. The summed E-state index contributed by atoms with van der Waals surface area (Å²) in [6.07, 6.45) is 1.49. The second kappa shape index (κ2) is 7.45. The minimum absolute atomic E-state index is 0.0386. The van der Waals surface area contributed by atoms with Gasteiger partial charge >= 0.3 is 0 Å². The second-order valence-electron chi connectivity index (χ2n) is 6.91. The van der Waals surface area contributed by atoms with E-state index in [4.69, 9.17) is 0 Å². The van der Waals surface area contributed by atoms with Crippen molar-refractivity contribution in [2.75, 3.05) is 5.32 Å². The van der Waals surface area contributed by atoms with Crippen LogP contribution in [0.2, 0.25) is 0 Å². The molecule has 0 aliphatic heterocycles. The fourth-order valence-corrected chi connectivity index (χ4v) is 3.01. The van der Waals surface area contributed by atoms with Crippen LogP contribution in [0.15, 0.2) is 36.4 Å². The molecule has 0 unspecified atom stereocenters. The predicted octanol–water partition coefficient (Wildman–Crippen LogP) is 4.99. The zero-order valence-electron chi connectivity index (χ0n) is 14.9. The SMILES string of the molecule is Cc1cc(C)c(NC(=O)Cc2ccc(CC(C)C)cc2)c(C)c1. The molecule has 23 heavy (non-hydrogen) atoms. The number of hydrogen-bond donors (Lipinski definition) is 1. The summed E-state index contributed by atoms with van der Waals surface area (Å²) >= 11 is 0. The third kappa shape index (κ3) is 4.95. The largest absolute Gasteiger partial charge is 0.325 e. The van der Waals surface area contributed by atoms with E-state index in [-0.39, 0.29) is 5.91 Å². The lowest BCUT2D eigenvalue weighted by molar-refractivity contribution is -0.115. The second-order valence-corrected chi connectivity index (χ2v) is 6.91. The number of benzene rings is 2. The Kier molecular flexibility index (Phi) is 5.59. The molecule has 1 amide bonds. The lowest BCUT2D eigenvalue weighted by Crippen LogP contribution is -2.16. The van der Waals surface area contributed by atoms with E-state index in [1.807, 2.05) is 13.8 Å². The number of carbonyl (C=O) groups excluding carboxylic acids is 1. The van der Waals surface area contributed by atoms with Crippen LogP contribution in [0.3, 0.4) is 0 Å². The van der Waals surface area contributed by atoms with E-state index in [0.717, 1.165) is 28.8 Å². The van der Waals surface area contributed by atoms with Gasteiger partial charge in [-0.05, 0) is 55.4 Å². The molecular weight excluding hydrogens is 282 g/mol. The highest BCUT2D eigenvalue weighted by Crippen LogP contribution is 2.22. The first-order valence-electron chi connectivity index (χ1n) is 8.30. The van der Waals surface area contributed by atoms with Crippen molar-refractivity contribution in [1.29, 1.82) is 0 Å². The van der Waals surface area contributed by atoms with Gasteiger partial charge in [-0.15, -0.1) is 0 Å². The number of aryl methyl sites for hydroxylation is 3. The van der Waals surface area contributed by atoms with Crippen LogP contribution >= 0.6 is 0 Å². The quantitative estimate of drug-likeness (QED) is 0.828. The molecule has 122 valence electrons. The van der Waals surface area contributed by atoms with Crippen molar-refractivity contribution in [3.63, 3.8) is 0 Å². The Bertz CT molecular complexity index is 660. The van der Waals surface area contributed by atoms with Gasteiger partial charge in [-0.1, -0.05) is 55.8 Å². The Balaban J connectivity index is 2.02. The van der Waals surface area contributed by atoms with Gasteiger partial charge < -0.3 is 5.32 Å². The summed E-state index contributed by atoms with van der Waals surface area (Å²) in [5.41, 5.74) is 6.77. The van der Waals surface area contributed by atoms with E-state index in [0.29, 0.717) is 12.3 Å². The van der Waals surface area contributed by atoms with Gasteiger partial charge in [0.15, 0.2) is 0 Å². The maximum absolute atomic E-state index is 12.3. The van der Waals surface area contributed by atoms with Crippen LogP contribution < -0.4 is 5.32 Å². The van der Waals surface area contributed by atoms with Crippen molar-refractivity contribution in [3.05, 3.63) is 64.2 Å². The summed E-state index contributed by atoms with van der Waals surface area (Å²) < 4.78 is 0. The molecule has 2 nitrogen and oxygen atoms in total. The van der Waals surface area contributed by atoms with E-state index >= 15 is 0 Å². The molecule has 0 aromatic heterocycles. The number of amides is 1. The summed E-state index contributed by atoms with van der Waals surface area (Å²) in [5.74, 6) is 0.688. The predicted molar refractivity (Wildman–Crippen MR) is 98.0 cm³/mol. The van der Waals surface area contributed by atoms with E-state index in [2.05, 4.69) is 62.5 Å². The van der Waals surface area contributed by atoms with E-state index in [1.165, 1.54) is 11.1 Å². The van der Waals surface area contributed by atoms with E-state index in [1.54, 1.807) is 0 Å². The van der Waals surface area contributed by atoms with Crippen molar-refractivity contribution in [1.82, 2.24) is 0 Å². The first-order chi connectivity index (χ1) is 10.8. The molecule has 0 saturated heterocycles. The third-order valence-corrected chi connectivity index (χ3v) is 3.97. The average molecular weight is 309 g/mol. The summed E-state index contributed by atoms with van der Waals surface area (Å²) in [6.45, 7) is 10.6. The first kappa shape index (κ1) is 17.3. The van der Waals surface area contributed by atoms with Crippen molar-refractivity contribution in [3.8, 4) is 0 Å². The highest BCUT2D eigenvalue weighted by Gasteiger charge is 2.09. The van der Waals surface area contributed by atoms with Crippen LogP contribution in [0.5, 0.6) is 0 Å². The topological polar surface area (TPSA) is 29.1 Å². The van der Waals surface area contributed by atoms with Gasteiger partial charge in [-0.25, -0.2) is 0 Å². The summed E-state index contributed by atoms with van der Waals surface area (Å²) in [4.78, 5) is 12.3. The summed E-state index contributed by atoms with van der Waals surface area (Å²) in [5, 5.41) is 3.06. The van der Waals surface area contributed by atoms with Gasteiger partial charge in [0.25, 0.3) is 0 Å². The molecule has 0 bridgehead atoms. The van der Waals surface area contributed by atoms with Gasteiger partial charge in [0, 0.05) is 5.69 Å². The van der Waals surface area contributed by atoms with E-state index in [9.17, 15) is 4.79 Å². The number of anilines is 1. The smallest absolute Gasteiger partial charge is 0.228 e. The zero-order chi connectivity index (χ0) is 17.0. The Morgan fingerprint density at radius 1 is 0.957 bits per heavy atom. The summed E-state index contributed by atoms with van der Waals surface area (Å²) in [7, 11) is 0. The maximum Gasteiger partial charge on any atom is 0.228 e. The maximum atomic E-state index is 12.3. The highest BCUT2D eigenvalue weighted by atomic mass is 16.1. The molecule has 0 spiro atoms. The van der Waals surface area contributed by atoms with Crippen molar-refractivity contribution in [2.24, 2.45) is 5.92 Å². The molecule has 2 aromatic rings. The van der Waals surface area contributed by atoms with Crippen LogP contribution in [0, 0.1) is 26.7 Å². The molecule has 2 heteroatoms. The van der Waals surface area contributed by atoms with E-state index < -0.39 is 0 Å². The molecule has 1 N–H and O–H groups in total. The van der Waals surface area contributed by atoms with Gasteiger partial charge in [0.1, 0.15) is 0 Å². The van der Waals surface area contributed by atoms with Crippen molar-refractivity contribution >= 4 is 11.6 Å². The Hall–Kier alpha value is -2.09. The van der Waals surface area contributed by atoms with Crippen LogP contribution in [-0.4, -0.2) is 5.91 Å². The molecule has 0 radical (unpaired) electrons. The Morgan fingerprint density at radius 3 is 2.00 bits per heavy atom. The molecule has 0 fully saturated rings. The molecule has 0 heterocycles. The standard InChI is InChI=1S/C21H27NO/c1-14(2)10-18-6-8-19(9-7-18)13-20(23)22-21-16(4)11-15(3)12-17(21)5/h6-9,11-12,14H,10,13H2,1-5H3,(H,22,23). The minimum Gasteiger partial charge on any atom is -0.325 e. The normalized spacial score (nSPS) is 10.9. The van der Waals surface area contributed by atoms with Gasteiger partial charge in [-0.2, -0.15) is 0 Å². The molecule has 0 aliphatic carbocycles. The lowest BCUT2D eigenvalue weighted by atomic mass is 10.0. The summed E-state index contributed by atoms with van der Waals surface area (Å²) in [6, 6.07) is 12.6. The number of hydrogen-bond acceptors (Lipinski definition) is 1. The fourth-order valence-electron chi connectivity index (χ4n) is 3.01. The monoisotopic (exact) mass is 309 g/mol. The molecule has 2 aromatic carbocycles. The van der Waals surface area contributed by atoms with Gasteiger partial charge in [-0.3, -0.25) is 4.79 Å². The number of rotatable bonds is 5. The van der Waals surface area contributed by atoms with Crippen LogP contribution in [0.25, 0.3) is 0 Å². The molecular formula is C21H27NO. The third-order valence-electron chi connectivity index (χ3n) is 3.97. The highest BCUT2D eigenvalue weighted by molar-refractivity contribution is 5.93. The van der Waals surface area contributed by atoms with Gasteiger partial charge in [0.05, 0.1) is 6.42 Å². The van der Waals surface area contributed by atoms with Crippen molar-refractivity contribution in [2.45, 2.75) is 47.5 Å². The molecule has 0 saturated carbocycles. The fraction of sp³-hybridized carbons (Fsp3) is 0.381. The molecule has 2 rings (SSSR count). The van der Waals surface area contributed by atoms with Crippen LogP contribution in [0.4, 0.5) is 5.69 Å². The number of carbonyl (C=O) groups is 1. The molecule has 0 atom stereocenters. The van der Waals surface area contributed by atoms with Gasteiger partial charge in [0.2, 0.25) is 5.91 Å². The average Bonchev–Trinajstić information content (AvgIpc) is 2.44. The minimum atomic E-state index is 0.0386. The Labute approximate surface area is 139 Å². The zero-order valence-corrected chi connectivity index (χ0v) is 14.9. The molecule has 0 aliphatic rings. The lowest BCUT2D eigenvalue weighted by Gasteiger charge is -2.13.